The summed E-state index contributed by atoms with van der Waals surface area (Å²) in [6.45, 7) is 3.23. The highest BCUT2D eigenvalue weighted by Gasteiger charge is 2.25. The Bertz CT molecular complexity index is 369. The average molecular weight is 244 g/mol. The van der Waals surface area contributed by atoms with Crippen LogP contribution in [0.1, 0.15) is 68.6 Å². The molecular weight excluding hydrogens is 220 g/mol. The molecule has 0 N–H and O–H groups in total. The first kappa shape index (κ1) is 12.2. The van der Waals surface area contributed by atoms with E-state index in [1.54, 1.807) is 5.56 Å². The minimum Gasteiger partial charge on any atom is -0.368 e. The van der Waals surface area contributed by atoms with Gasteiger partial charge in [-0.3, -0.25) is 0 Å². The van der Waals surface area contributed by atoms with E-state index in [2.05, 4.69) is 31.2 Å². The Morgan fingerprint density at radius 2 is 1.61 bits per heavy atom. The van der Waals surface area contributed by atoms with Gasteiger partial charge in [-0.2, -0.15) is 0 Å². The van der Waals surface area contributed by atoms with Crippen molar-refractivity contribution in [2.45, 2.75) is 57.5 Å². The third-order valence-electron chi connectivity index (χ3n) is 4.66. The van der Waals surface area contributed by atoms with Crippen molar-refractivity contribution in [2.75, 3.05) is 6.61 Å². The maximum atomic E-state index is 5.32. The molecule has 1 aliphatic carbocycles. The fraction of sp³-hybridized carbons (Fsp3) is 0.647. The van der Waals surface area contributed by atoms with Gasteiger partial charge in [0, 0.05) is 0 Å². The highest BCUT2D eigenvalue weighted by Crippen LogP contribution is 2.38. The Morgan fingerprint density at radius 1 is 1.00 bits per heavy atom. The van der Waals surface area contributed by atoms with Gasteiger partial charge in [-0.15, -0.1) is 0 Å². The van der Waals surface area contributed by atoms with Crippen LogP contribution in [-0.2, 0) is 4.74 Å². The predicted molar refractivity (Wildman–Crippen MR) is 74.7 cm³/mol. The molecule has 0 amide bonds. The minimum absolute atomic E-state index is 0.402. The highest BCUT2D eigenvalue weighted by molar-refractivity contribution is 5.28. The molecule has 1 heterocycles. The van der Waals surface area contributed by atoms with Gasteiger partial charge in [-0.25, -0.2) is 0 Å². The normalized spacial score (nSPS) is 31.3. The molecule has 2 aliphatic rings. The lowest BCUT2D eigenvalue weighted by Crippen LogP contribution is -2.13. The van der Waals surface area contributed by atoms with Gasteiger partial charge in [0.05, 0.1) is 6.61 Å². The molecule has 3 rings (SSSR count). The first-order chi connectivity index (χ1) is 8.86. The molecule has 0 aromatic heterocycles. The molecule has 0 radical (unpaired) electrons. The molecule has 1 nitrogen and oxygen atoms in total. The maximum Gasteiger partial charge on any atom is 0.106 e. The monoisotopic (exact) mass is 244 g/mol. The van der Waals surface area contributed by atoms with E-state index in [0.717, 1.165) is 18.4 Å². The number of ether oxygens (including phenoxy) is 1. The van der Waals surface area contributed by atoms with E-state index >= 15 is 0 Å². The van der Waals surface area contributed by atoms with E-state index in [0.29, 0.717) is 6.10 Å². The fourth-order valence-electron chi connectivity index (χ4n) is 3.42. The number of rotatable bonds is 4. The standard InChI is InChI=1S/C17H24O/c1-2-3-13-4-6-14(7-5-13)15-8-10-16(11-9-15)17-12-18-17/h8-11,13-14,17H,2-7,12H2,1H3. The predicted octanol–water partition coefficient (Wildman–Crippen LogP) is 4.83. The number of hydrogen-bond donors (Lipinski definition) is 0. The molecule has 1 heteroatoms. The van der Waals surface area contributed by atoms with E-state index in [4.69, 9.17) is 4.74 Å². The Morgan fingerprint density at radius 3 is 2.17 bits per heavy atom. The summed E-state index contributed by atoms with van der Waals surface area (Å²) in [5, 5.41) is 0. The SMILES string of the molecule is CCCC1CCC(c2ccc(C3CO3)cc2)CC1. The third kappa shape index (κ3) is 2.77. The summed E-state index contributed by atoms with van der Waals surface area (Å²) in [5.41, 5.74) is 2.91. The van der Waals surface area contributed by atoms with Gasteiger partial charge >= 0.3 is 0 Å². The lowest BCUT2D eigenvalue weighted by atomic mass is 9.77. The van der Waals surface area contributed by atoms with Crippen LogP contribution >= 0.6 is 0 Å². The maximum absolute atomic E-state index is 5.32. The van der Waals surface area contributed by atoms with Crippen molar-refractivity contribution in [1.82, 2.24) is 0 Å². The highest BCUT2D eigenvalue weighted by atomic mass is 16.6. The van der Waals surface area contributed by atoms with E-state index in [1.807, 2.05) is 0 Å². The van der Waals surface area contributed by atoms with Crippen molar-refractivity contribution < 1.29 is 4.74 Å². The van der Waals surface area contributed by atoms with Crippen molar-refractivity contribution in [1.29, 1.82) is 0 Å². The van der Waals surface area contributed by atoms with Crippen LogP contribution in [-0.4, -0.2) is 6.61 Å². The topological polar surface area (TPSA) is 12.5 Å². The van der Waals surface area contributed by atoms with Gasteiger partial charge in [-0.05, 0) is 48.6 Å². The molecule has 1 saturated carbocycles. The van der Waals surface area contributed by atoms with Gasteiger partial charge in [0.15, 0.2) is 0 Å². The van der Waals surface area contributed by atoms with Crippen molar-refractivity contribution in [3.8, 4) is 0 Å². The Labute approximate surface area is 111 Å². The van der Waals surface area contributed by atoms with Crippen LogP contribution in [0.4, 0.5) is 0 Å². The quantitative estimate of drug-likeness (QED) is 0.691. The van der Waals surface area contributed by atoms with Gasteiger partial charge in [0.1, 0.15) is 6.10 Å². The number of benzene rings is 1. The van der Waals surface area contributed by atoms with Crippen LogP contribution < -0.4 is 0 Å². The van der Waals surface area contributed by atoms with Gasteiger partial charge in [0.25, 0.3) is 0 Å². The summed E-state index contributed by atoms with van der Waals surface area (Å²) >= 11 is 0. The van der Waals surface area contributed by atoms with Crippen LogP contribution in [0.2, 0.25) is 0 Å². The smallest absolute Gasteiger partial charge is 0.106 e. The third-order valence-corrected chi connectivity index (χ3v) is 4.66. The summed E-state index contributed by atoms with van der Waals surface area (Å²) in [6.07, 6.45) is 8.85. The molecule has 1 aromatic rings. The lowest BCUT2D eigenvalue weighted by molar-refractivity contribution is 0.308. The van der Waals surface area contributed by atoms with Crippen LogP contribution in [0.15, 0.2) is 24.3 Å². The zero-order chi connectivity index (χ0) is 12.4. The second-order valence-corrected chi connectivity index (χ2v) is 5.99. The summed E-state index contributed by atoms with van der Waals surface area (Å²) in [7, 11) is 0. The molecule has 0 bridgehead atoms. The van der Waals surface area contributed by atoms with Gasteiger partial charge in [-0.1, -0.05) is 44.0 Å². The number of epoxide rings is 1. The molecule has 1 saturated heterocycles. The second kappa shape index (κ2) is 5.44. The largest absolute Gasteiger partial charge is 0.368 e. The summed E-state index contributed by atoms with van der Waals surface area (Å²) in [4.78, 5) is 0. The molecule has 0 spiro atoms. The van der Waals surface area contributed by atoms with Crippen LogP contribution in [0.25, 0.3) is 0 Å². The van der Waals surface area contributed by atoms with Crippen molar-refractivity contribution in [3.63, 3.8) is 0 Å². The van der Waals surface area contributed by atoms with Crippen molar-refractivity contribution in [3.05, 3.63) is 35.4 Å². The van der Waals surface area contributed by atoms with Crippen LogP contribution in [0.3, 0.4) is 0 Å². The van der Waals surface area contributed by atoms with Gasteiger partial charge in [0.2, 0.25) is 0 Å². The summed E-state index contributed by atoms with van der Waals surface area (Å²) < 4.78 is 5.32. The summed E-state index contributed by atoms with van der Waals surface area (Å²) in [5.74, 6) is 1.82. The van der Waals surface area contributed by atoms with Crippen LogP contribution in [0, 0.1) is 5.92 Å². The average Bonchev–Trinajstić information content (AvgIpc) is 3.25. The minimum atomic E-state index is 0.402. The number of hydrogen-bond acceptors (Lipinski definition) is 1. The molecule has 1 unspecified atom stereocenters. The molecule has 2 fully saturated rings. The Balaban J connectivity index is 1.58. The zero-order valence-corrected chi connectivity index (χ0v) is 11.4. The molecule has 18 heavy (non-hydrogen) atoms. The lowest BCUT2D eigenvalue weighted by Gasteiger charge is -2.28. The molecule has 98 valence electrons. The zero-order valence-electron chi connectivity index (χ0n) is 11.4. The first-order valence-electron chi connectivity index (χ1n) is 7.58. The Kier molecular flexibility index (Phi) is 3.69. The fourth-order valence-corrected chi connectivity index (χ4v) is 3.42. The van der Waals surface area contributed by atoms with Crippen molar-refractivity contribution >= 4 is 0 Å². The van der Waals surface area contributed by atoms with Crippen molar-refractivity contribution in [2.24, 2.45) is 5.92 Å². The Hall–Kier alpha value is -0.820. The van der Waals surface area contributed by atoms with E-state index in [9.17, 15) is 0 Å². The van der Waals surface area contributed by atoms with Crippen LogP contribution in [0.5, 0.6) is 0 Å². The molecule has 1 atom stereocenters. The van der Waals surface area contributed by atoms with Gasteiger partial charge < -0.3 is 4.74 Å². The molecule has 1 aromatic carbocycles. The summed E-state index contributed by atoms with van der Waals surface area (Å²) in [6, 6.07) is 9.21. The van der Waals surface area contributed by atoms with E-state index in [-0.39, 0.29) is 0 Å². The van der Waals surface area contributed by atoms with E-state index < -0.39 is 0 Å². The first-order valence-corrected chi connectivity index (χ1v) is 7.58. The molecular formula is C17H24O. The second-order valence-electron chi connectivity index (χ2n) is 5.99. The molecule has 1 aliphatic heterocycles. The van der Waals surface area contributed by atoms with E-state index in [1.165, 1.54) is 44.1 Å².